The van der Waals surface area contributed by atoms with E-state index < -0.39 is 0 Å². The summed E-state index contributed by atoms with van der Waals surface area (Å²) >= 11 is 0. The monoisotopic (exact) mass is 213 g/mol. The summed E-state index contributed by atoms with van der Waals surface area (Å²) in [4.78, 5) is 16.8. The van der Waals surface area contributed by atoms with Gasteiger partial charge in [-0.2, -0.15) is 5.48 Å². The molecule has 0 aromatic rings. The van der Waals surface area contributed by atoms with Gasteiger partial charge in [0, 0.05) is 6.04 Å². The van der Waals surface area contributed by atoms with Gasteiger partial charge in [0.1, 0.15) is 0 Å². The molecule has 0 amide bonds. The number of carbonyl (C=O) groups is 1. The molecule has 0 bridgehead atoms. The fourth-order valence-corrected chi connectivity index (χ4v) is 1.64. The molecule has 0 spiro atoms. The van der Waals surface area contributed by atoms with Crippen LogP contribution in [0.15, 0.2) is 0 Å². The molecule has 1 saturated carbocycles. The van der Waals surface area contributed by atoms with Crippen molar-refractivity contribution in [3.8, 4) is 0 Å². The number of nitrogens with one attached hydrogen (secondary N) is 1. The van der Waals surface area contributed by atoms with Gasteiger partial charge in [0.25, 0.3) is 0 Å². The van der Waals surface area contributed by atoms with Crippen molar-refractivity contribution in [2.75, 3.05) is 0 Å². The lowest BCUT2D eigenvalue weighted by Gasteiger charge is -2.25. The molecule has 88 valence electrons. The highest BCUT2D eigenvalue weighted by Crippen LogP contribution is 2.22. The van der Waals surface area contributed by atoms with Crippen LogP contribution in [0.5, 0.6) is 0 Å². The molecule has 0 radical (unpaired) electrons. The van der Waals surface area contributed by atoms with Crippen molar-refractivity contribution in [1.29, 1.82) is 0 Å². The van der Waals surface area contributed by atoms with Crippen molar-refractivity contribution in [3.05, 3.63) is 0 Å². The van der Waals surface area contributed by atoms with Crippen molar-refractivity contribution < 1.29 is 9.63 Å². The van der Waals surface area contributed by atoms with E-state index in [1.165, 1.54) is 19.3 Å². The van der Waals surface area contributed by atoms with E-state index in [2.05, 4.69) is 5.48 Å². The lowest BCUT2D eigenvalue weighted by atomic mass is 9.91. The predicted octanol–water partition coefficient (Wildman–Crippen LogP) is 2.80. The molecular weight excluding hydrogens is 190 g/mol. The quantitative estimate of drug-likeness (QED) is 0.730. The van der Waals surface area contributed by atoms with Crippen molar-refractivity contribution in [1.82, 2.24) is 5.48 Å². The normalized spacial score (nSPS) is 18.9. The molecule has 0 aromatic carbocycles. The predicted molar refractivity (Wildman–Crippen MR) is 60.2 cm³/mol. The third-order valence-corrected chi connectivity index (χ3v) is 3.36. The molecule has 0 aromatic heterocycles. The Labute approximate surface area is 92.5 Å². The van der Waals surface area contributed by atoms with Crippen LogP contribution in [0.3, 0.4) is 0 Å². The Morgan fingerprint density at radius 3 is 2.47 bits per heavy atom. The first-order chi connectivity index (χ1) is 7.06. The van der Waals surface area contributed by atoms with E-state index in [0.717, 1.165) is 19.3 Å². The lowest BCUT2D eigenvalue weighted by molar-refractivity contribution is -0.164. The van der Waals surface area contributed by atoms with E-state index in [9.17, 15) is 4.79 Å². The Bertz CT molecular complexity index is 208. The van der Waals surface area contributed by atoms with Crippen molar-refractivity contribution in [2.24, 2.45) is 5.41 Å². The Morgan fingerprint density at radius 1 is 1.33 bits per heavy atom. The number of carbonyl (C=O) groups excluding carboxylic acids is 1. The minimum absolute atomic E-state index is 0.143. The molecule has 3 heteroatoms. The fourth-order valence-electron chi connectivity index (χ4n) is 1.64. The number of hydrogen-bond acceptors (Lipinski definition) is 3. The van der Waals surface area contributed by atoms with Crippen molar-refractivity contribution in [2.45, 2.75) is 65.3 Å². The second kappa shape index (κ2) is 5.50. The van der Waals surface area contributed by atoms with E-state index >= 15 is 0 Å². The average Bonchev–Trinajstić information content (AvgIpc) is 2.27. The highest BCUT2D eigenvalue weighted by molar-refractivity contribution is 5.75. The van der Waals surface area contributed by atoms with Gasteiger partial charge >= 0.3 is 5.97 Å². The zero-order valence-electron chi connectivity index (χ0n) is 10.1. The summed E-state index contributed by atoms with van der Waals surface area (Å²) in [5, 5.41) is 0. The summed E-state index contributed by atoms with van der Waals surface area (Å²) in [5.41, 5.74) is 2.54. The largest absolute Gasteiger partial charge is 0.370 e. The van der Waals surface area contributed by atoms with Crippen LogP contribution >= 0.6 is 0 Å². The molecule has 1 rings (SSSR count). The van der Waals surface area contributed by atoms with Crippen LogP contribution in [-0.2, 0) is 9.63 Å². The van der Waals surface area contributed by atoms with Gasteiger partial charge in [0.15, 0.2) is 0 Å². The van der Waals surface area contributed by atoms with Gasteiger partial charge in [-0.3, -0.25) is 0 Å². The summed E-state index contributed by atoms with van der Waals surface area (Å²) < 4.78 is 0. The van der Waals surface area contributed by atoms with Crippen LogP contribution in [0.4, 0.5) is 0 Å². The molecule has 0 heterocycles. The molecule has 0 atom stereocenters. The zero-order chi connectivity index (χ0) is 11.3. The minimum Gasteiger partial charge on any atom is -0.370 e. The summed E-state index contributed by atoms with van der Waals surface area (Å²) in [6.07, 6.45) is 6.85. The summed E-state index contributed by atoms with van der Waals surface area (Å²) in [6.45, 7) is 5.83. The van der Waals surface area contributed by atoms with Crippen LogP contribution < -0.4 is 5.48 Å². The van der Waals surface area contributed by atoms with E-state index in [4.69, 9.17) is 4.84 Å². The minimum atomic E-state index is -0.373. The van der Waals surface area contributed by atoms with E-state index in [0.29, 0.717) is 6.04 Å². The molecule has 3 nitrogen and oxygen atoms in total. The van der Waals surface area contributed by atoms with E-state index in [1.54, 1.807) is 0 Å². The standard InChI is InChI=1S/C12H23NO2/c1-4-12(2,3)11(14)15-13-10-8-6-5-7-9-10/h10,13H,4-9H2,1-3H3. The first-order valence-electron chi connectivity index (χ1n) is 6.03. The molecular formula is C12H23NO2. The van der Waals surface area contributed by atoms with E-state index in [-0.39, 0.29) is 11.4 Å². The van der Waals surface area contributed by atoms with E-state index in [1.807, 2.05) is 20.8 Å². The van der Waals surface area contributed by atoms with Crippen LogP contribution in [0.25, 0.3) is 0 Å². The van der Waals surface area contributed by atoms with Gasteiger partial charge in [0.05, 0.1) is 5.41 Å². The van der Waals surface area contributed by atoms with Gasteiger partial charge in [-0.05, 0) is 33.1 Å². The number of rotatable bonds is 4. The van der Waals surface area contributed by atoms with Crippen LogP contribution in [0.1, 0.15) is 59.3 Å². The Morgan fingerprint density at radius 2 is 1.93 bits per heavy atom. The first kappa shape index (κ1) is 12.5. The van der Waals surface area contributed by atoms with Crippen LogP contribution in [0.2, 0.25) is 0 Å². The molecule has 0 aliphatic heterocycles. The van der Waals surface area contributed by atoms with Gasteiger partial charge in [-0.1, -0.05) is 26.2 Å². The molecule has 1 aliphatic rings. The maximum atomic E-state index is 11.7. The van der Waals surface area contributed by atoms with Gasteiger partial charge in [0.2, 0.25) is 0 Å². The maximum absolute atomic E-state index is 11.7. The Kier molecular flexibility index (Phi) is 4.58. The zero-order valence-corrected chi connectivity index (χ0v) is 10.1. The van der Waals surface area contributed by atoms with Crippen molar-refractivity contribution in [3.63, 3.8) is 0 Å². The molecule has 0 saturated heterocycles. The Balaban J connectivity index is 2.26. The van der Waals surface area contributed by atoms with Gasteiger partial charge in [-0.15, -0.1) is 0 Å². The molecule has 15 heavy (non-hydrogen) atoms. The molecule has 1 N–H and O–H groups in total. The second-order valence-corrected chi connectivity index (χ2v) is 5.08. The summed E-state index contributed by atoms with van der Waals surface area (Å²) in [7, 11) is 0. The third-order valence-electron chi connectivity index (χ3n) is 3.36. The average molecular weight is 213 g/mol. The van der Waals surface area contributed by atoms with Crippen LogP contribution in [0, 0.1) is 5.41 Å². The lowest BCUT2D eigenvalue weighted by Crippen LogP contribution is -2.37. The van der Waals surface area contributed by atoms with Gasteiger partial charge < -0.3 is 4.84 Å². The highest BCUT2D eigenvalue weighted by atomic mass is 16.7. The number of hydroxylamine groups is 1. The SMILES string of the molecule is CCC(C)(C)C(=O)ONC1CCCCC1. The second-order valence-electron chi connectivity index (χ2n) is 5.08. The Hall–Kier alpha value is -0.570. The molecule has 1 fully saturated rings. The fraction of sp³-hybridized carbons (Fsp3) is 0.917. The maximum Gasteiger partial charge on any atom is 0.330 e. The van der Waals surface area contributed by atoms with Crippen LogP contribution in [-0.4, -0.2) is 12.0 Å². The smallest absolute Gasteiger partial charge is 0.330 e. The van der Waals surface area contributed by atoms with Gasteiger partial charge in [-0.25, -0.2) is 4.79 Å². The summed E-state index contributed by atoms with van der Waals surface area (Å²) in [6, 6.07) is 0.371. The molecule has 0 unspecified atom stereocenters. The third kappa shape index (κ3) is 3.82. The first-order valence-corrected chi connectivity index (χ1v) is 6.03. The topological polar surface area (TPSA) is 38.3 Å². The number of hydrogen-bond donors (Lipinski definition) is 1. The van der Waals surface area contributed by atoms with Crippen molar-refractivity contribution >= 4 is 5.97 Å². The summed E-state index contributed by atoms with van der Waals surface area (Å²) in [5.74, 6) is -0.143. The highest BCUT2D eigenvalue weighted by Gasteiger charge is 2.28. The molecule has 1 aliphatic carbocycles.